The van der Waals surface area contributed by atoms with Crippen molar-refractivity contribution in [2.75, 3.05) is 6.67 Å². The number of hydrogen-bond acceptors (Lipinski definition) is 1. The highest BCUT2D eigenvalue weighted by Gasteiger charge is 2.14. The normalized spacial score (nSPS) is 10.9. The van der Waals surface area contributed by atoms with Crippen molar-refractivity contribution in [1.82, 2.24) is 4.57 Å². The Bertz CT molecular complexity index is 545. The largest absolute Gasteiger partial charge is 0.342 e. The van der Waals surface area contributed by atoms with Crippen molar-refractivity contribution < 1.29 is 13.6 Å². The van der Waals surface area contributed by atoms with Gasteiger partial charge < -0.3 is 4.57 Å². The number of rotatable bonds is 3. The number of ketones is 1. The van der Waals surface area contributed by atoms with Gasteiger partial charge in [-0.15, -0.1) is 0 Å². The van der Waals surface area contributed by atoms with E-state index in [-0.39, 0.29) is 12.3 Å². The molecule has 0 aliphatic heterocycles. The Kier molecular flexibility index (Phi) is 2.73. The van der Waals surface area contributed by atoms with Gasteiger partial charge in [0, 0.05) is 17.1 Å². The Morgan fingerprint density at radius 3 is 2.81 bits per heavy atom. The summed E-state index contributed by atoms with van der Waals surface area (Å²) in [7, 11) is 0. The second-order valence-corrected chi connectivity index (χ2v) is 3.62. The third kappa shape index (κ3) is 1.60. The third-order valence-corrected chi connectivity index (χ3v) is 2.55. The van der Waals surface area contributed by atoms with Crippen LogP contribution in [0.15, 0.2) is 24.4 Å². The van der Waals surface area contributed by atoms with E-state index in [1.165, 1.54) is 23.8 Å². The molecule has 84 valence electrons. The Labute approximate surface area is 91.5 Å². The van der Waals surface area contributed by atoms with Gasteiger partial charge in [-0.3, -0.25) is 4.79 Å². The number of carbonyl (C=O) groups is 1. The molecule has 1 aromatic heterocycles. The van der Waals surface area contributed by atoms with E-state index < -0.39 is 12.5 Å². The first-order valence-electron chi connectivity index (χ1n) is 4.99. The van der Waals surface area contributed by atoms with Gasteiger partial charge in [0.1, 0.15) is 12.5 Å². The molecule has 0 saturated heterocycles. The molecule has 0 aliphatic rings. The maximum atomic E-state index is 13.6. The fraction of sp³-hybridized carbons (Fsp3) is 0.250. The number of halogens is 2. The van der Waals surface area contributed by atoms with Gasteiger partial charge in [0.2, 0.25) is 0 Å². The Balaban J connectivity index is 2.76. The number of para-hydroxylation sites is 1. The second-order valence-electron chi connectivity index (χ2n) is 3.62. The number of aromatic nitrogens is 1. The van der Waals surface area contributed by atoms with Crippen LogP contribution in [-0.2, 0) is 6.54 Å². The van der Waals surface area contributed by atoms with Gasteiger partial charge >= 0.3 is 0 Å². The average molecular weight is 223 g/mol. The lowest BCUT2D eigenvalue weighted by Gasteiger charge is -2.01. The van der Waals surface area contributed by atoms with Gasteiger partial charge in [-0.05, 0) is 13.0 Å². The van der Waals surface area contributed by atoms with Gasteiger partial charge in [0.25, 0.3) is 0 Å². The Morgan fingerprint density at radius 2 is 2.19 bits per heavy atom. The first-order chi connectivity index (χ1) is 7.65. The van der Waals surface area contributed by atoms with E-state index in [1.54, 1.807) is 12.1 Å². The highest BCUT2D eigenvalue weighted by atomic mass is 19.1. The molecule has 2 rings (SSSR count). The van der Waals surface area contributed by atoms with Crippen LogP contribution in [0.1, 0.15) is 17.3 Å². The lowest BCUT2D eigenvalue weighted by Crippen LogP contribution is -1.98. The minimum absolute atomic E-state index is 0.0602. The maximum absolute atomic E-state index is 13.6. The quantitative estimate of drug-likeness (QED) is 0.733. The molecule has 2 aromatic rings. The lowest BCUT2D eigenvalue weighted by molar-refractivity contribution is 0.101. The highest BCUT2D eigenvalue weighted by Crippen LogP contribution is 2.24. The molecule has 0 radical (unpaired) electrons. The topological polar surface area (TPSA) is 22.0 Å². The van der Waals surface area contributed by atoms with Crippen LogP contribution < -0.4 is 0 Å². The van der Waals surface area contributed by atoms with Crippen LogP contribution in [0, 0.1) is 5.82 Å². The van der Waals surface area contributed by atoms with Gasteiger partial charge in [-0.25, -0.2) is 8.78 Å². The number of nitrogens with zero attached hydrogens (tertiary/aromatic N) is 1. The van der Waals surface area contributed by atoms with Crippen molar-refractivity contribution >= 4 is 16.7 Å². The molecular formula is C12H11F2NO. The first kappa shape index (κ1) is 10.8. The molecular weight excluding hydrogens is 212 g/mol. The van der Waals surface area contributed by atoms with Gasteiger partial charge in [-0.2, -0.15) is 0 Å². The second kappa shape index (κ2) is 4.04. The fourth-order valence-corrected chi connectivity index (χ4v) is 1.86. The number of benzene rings is 1. The summed E-state index contributed by atoms with van der Waals surface area (Å²) < 4.78 is 27.4. The molecule has 4 heteroatoms. The van der Waals surface area contributed by atoms with E-state index in [9.17, 15) is 13.6 Å². The summed E-state index contributed by atoms with van der Waals surface area (Å²) in [5.74, 6) is -0.577. The lowest BCUT2D eigenvalue weighted by atomic mass is 10.1. The zero-order chi connectivity index (χ0) is 11.7. The molecule has 0 amide bonds. The molecule has 0 atom stereocenters. The average Bonchev–Trinajstić information content (AvgIpc) is 2.59. The summed E-state index contributed by atoms with van der Waals surface area (Å²) in [6.45, 7) is 0.889. The predicted octanol–water partition coefficient (Wildman–Crippen LogP) is 2.95. The van der Waals surface area contributed by atoms with Crippen LogP contribution in [0.5, 0.6) is 0 Å². The fourth-order valence-electron chi connectivity index (χ4n) is 1.86. The molecule has 1 aromatic carbocycles. The molecule has 0 spiro atoms. The summed E-state index contributed by atoms with van der Waals surface area (Å²) in [5, 5.41) is 0.543. The van der Waals surface area contributed by atoms with E-state index >= 15 is 0 Å². The molecule has 0 fully saturated rings. The van der Waals surface area contributed by atoms with Crippen LogP contribution in [-0.4, -0.2) is 17.0 Å². The minimum Gasteiger partial charge on any atom is -0.342 e. The number of hydrogen-bond donors (Lipinski definition) is 0. The van der Waals surface area contributed by atoms with E-state index in [1.807, 2.05) is 0 Å². The first-order valence-corrected chi connectivity index (χ1v) is 4.99. The van der Waals surface area contributed by atoms with Crippen LogP contribution in [0.4, 0.5) is 8.78 Å². The number of carbonyl (C=O) groups excluding carboxylic acids is 1. The smallest absolute Gasteiger partial charge is 0.161 e. The van der Waals surface area contributed by atoms with Gasteiger partial charge in [0.15, 0.2) is 5.78 Å². The summed E-state index contributed by atoms with van der Waals surface area (Å²) in [6.07, 6.45) is 1.51. The van der Waals surface area contributed by atoms with Crippen molar-refractivity contribution in [3.63, 3.8) is 0 Å². The van der Waals surface area contributed by atoms with Crippen molar-refractivity contribution in [2.45, 2.75) is 13.5 Å². The maximum Gasteiger partial charge on any atom is 0.161 e. The molecule has 0 saturated carbocycles. The summed E-state index contributed by atoms with van der Waals surface area (Å²) in [4.78, 5) is 11.4. The van der Waals surface area contributed by atoms with Gasteiger partial charge in [0.05, 0.1) is 12.1 Å². The van der Waals surface area contributed by atoms with Crippen LogP contribution >= 0.6 is 0 Å². The van der Waals surface area contributed by atoms with Crippen LogP contribution in [0.25, 0.3) is 10.9 Å². The van der Waals surface area contributed by atoms with E-state index in [0.29, 0.717) is 16.5 Å². The Hall–Kier alpha value is -1.71. The summed E-state index contributed by atoms with van der Waals surface area (Å²) >= 11 is 0. The molecule has 0 unspecified atom stereocenters. The molecule has 2 nitrogen and oxygen atoms in total. The predicted molar refractivity (Wildman–Crippen MR) is 57.9 cm³/mol. The standard InChI is InChI=1S/C12H11F2NO/c1-8(16)10-7-15(6-5-13)12-9(10)3-2-4-11(12)14/h2-4,7H,5-6H2,1H3. The number of Topliss-reactive ketones (excluding diaryl/α,β-unsaturated/α-hetero) is 1. The summed E-state index contributed by atoms with van der Waals surface area (Å²) in [5.41, 5.74) is 0.730. The van der Waals surface area contributed by atoms with E-state index in [0.717, 1.165) is 0 Å². The van der Waals surface area contributed by atoms with Gasteiger partial charge in [-0.1, -0.05) is 12.1 Å². The van der Waals surface area contributed by atoms with Crippen LogP contribution in [0.3, 0.4) is 0 Å². The van der Waals surface area contributed by atoms with Crippen molar-refractivity contribution in [3.05, 3.63) is 35.8 Å². The SMILES string of the molecule is CC(=O)c1cn(CCF)c2c(F)cccc12. The van der Waals surface area contributed by atoms with Crippen molar-refractivity contribution in [1.29, 1.82) is 0 Å². The molecule has 0 aliphatic carbocycles. The van der Waals surface area contributed by atoms with E-state index in [4.69, 9.17) is 0 Å². The summed E-state index contributed by atoms with van der Waals surface area (Å²) in [6, 6.07) is 4.52. The molecule has 16 heavy (non-hydrogen) atoms. The molecule has 0 N–H and O–H groups in total. The molecule has 1 heterocycles. The number of fused-ring (bicyclic) bond motifs is 1. The number of aryl methyl sites for hydroxylation is 1. The number of alkyl halides is 1. The zero-order valence-corrected chi connectivity index (χ0v) is 8.84. The third-order valence-electron chi connectivity index (χ3n) is 2.55. The highest BCUT2D eigenvalue weighted by molar-refractivity contribution is 6.07. The van der Waals surface area contributed by atoms with E-state index in [2.05, 4.69) is 0 Å². The van der Waals surface area contributed by atoms with Crippen LogP contribution in [0.2, 0.25) is 0 Å². The Morgan fingerprint density at radius 1 is 1.44 bits per heavy atom. The zero-order valence-electron chi connectivity index (χ0n) is 8.84. The minimum atomic E-state index is -0.588. The monoisotopic (exact) mass is 223 g/mol. The van der Waals surface area contributed by atoms with Crippen molar-refractivity contribution in [2.24, 2.45) is 0 Å². The van der Waals surface area contributed by atoms with Crippen molar-refractivity contribution in [3.8, 4) is 0 Å². The molecule has 0 bridgehead atoms.